The zero-order chi connectivity index (χ0) is 19.4. The highest BCUT2D eigenvalue weighted by molar-refractivity contribution is 14.0. The molecule has 2 heterocycles. The van der Waals surface area contributed by atoms with Crippen LogP contribution in [-0.2, 0) is 6.54 Å². The van der Waals surface area contributed by atoms with Gasteiger partial charge < -0.3 is 19.9 Å². The minimum atomic E-state index is 0. The number of nitrogens with zero attached hydrogens (tertiary/aromatic N) is 4. The Hall–Kier alpha value is -1.77. The molecule has 7 heteroatoms. The van der Waals surface area contributed by atoms with E-state index >= 15 is 0 Å². The van der Waals surface area contributed by atoms with Crippen molar-refractivity contribution < 1.29 is 5.11 Å². The largest absolute Gasteiger partial charge is 0.507 e. The lowest BCUT2D eigenvalue weighted by molar-refractivity contribution is 0.189. The average Bonchev–Trinajstić information content (AvgIpc) is 3.18. The van der Waals surface area contributed by atoms with Gasteiger partial charge in [0.1, 0.15) is 5.75 Å². The van der Waals surface area contributed by atoms with Crippen LogP contribution in [0.2, 0.25) is 0 Å². The number of hydrogen-bond acceptors (Lipinski definition) is 3. The minimum absolute atomic E-state index is 0. The van der Waals surface area contributed by atoms with E-state index in [1.54, 1.807) is 0 Å². The lowest BCUT2D eigenvalue weighted by Gasteiger charge is -2.39. The van der Waals surface area contributed by atoms with Crippen LogP contribution in [0.15, 0.2) is 35.8 Å². The Labute approximate surface area is 185 Å². The molecule has 0 bridgehead atoms. The molecule has 0 radical (unpaired) electrons. The molecule has 0 spiro atoms. The molecule has 1 aromatic carbocycles. The first-order valence-electron chi connectivity index (χ1n) is 9.79. The first-order chi connectivity index (χ1) is 13.0. The van der Waals surface area contributed by atoms with E-state index in [2.05, 4.69) is 39.8 Å². The lowest BCUT2D eigenvalue weighted by atomic mass is 9.93. The number of aromatic hydroxyl groups is 1. The van der Waals surface area contributed by atoms with Crippen LogP contribution in [-0.4, -0.2) is 45.2 Å². The van der Waals surface area contributed by atoms with E-state index in [0.717, 1.165) is 48.7 Å². The smallest absolute Gasteiger partial charge is 0.194 e. The van der Waals surface area contributed by atoms with Crippen molar-refractivity contribution in [3.8, 4) is 5.75 Å². The molecule has 2 unspecified atom stereocenters. The summed E-state index contributed by atoms with van der Waals surface area (Å²) in [5, 5.41) is 13.4. The Kier molecular flexibility index (Phi) is 8.15. The summed E-state index contributed by atoms with van der Waals surface area (Å²) in [6.07, 6.45) is 6.94. The highest BCUT2D eigenvalue weighted by Gasteiger charge is 2.28. The number of benzene rings is 1. The predicted molar refractivity (Wildman–Crippen MR) is 124 cm³/mol. The molecule has 28 heavy (non-hydrogen) atoms. The van der Waals surface area contributed by atoms with Gasteiger partial charge in [-0.05, 0) is 49.8 Å². The predicted octanol–water partition coefficient (Wildman–Crippen LogP) is 3.87. The molecule has 3 rings (SSSR count). The van der Waals surface area contributed by atoms with Crippen LogP contribution in [0.25, 0.3) is 0 Å². The number of aliphatic imine (C=N–C) groups is 1. The Balaban J connectivity index is 0.00000280. The fourth-order valence-electron chi connectivity index (χ4n) is 3.82. The summed E-state index contributed by atoms with van der Waals surface area (Å²) in [5.74, 6) is 1.95. The molecule has 1 aliphatic rings. The zero-order valence-electron chi connectivity index (χ0n) is 17.2. The van der Waals surface area contributed by atoms with E-state index in [4.69, 9.17) is 4.99 Å². The number of guanidine groups is 1. The maximum Gasteiger partial charge on any atom is 0.194 e. The highest BCUT2D eigenvalue weighted by atomic mass is 127. The van der Waals surface area contributed by atoms with Gasteiger partial charge in [-0.2, -0.15) is 0 Å². The number of nitrogens with one attached hydrogen (secondary N) is 1. The van der Waals surface area contributed by atoms with Crippen molar-refractivity contribution in [2.45, 2.75) is 46.7 Å². The van der Waals surface area contributed by atoms with Crippen molar-refractivity contribution >= 4 is 29.9 Å². The van der Waals surface area contributed by atoms with Crippen LogP contribution in [0.5, 0.6) is 5.75 Å². The van der Waals surface area contributed by atoms with Gasteiger partial charge in [0, 0.05) is 32.0 Å². The average molecular weight is 497 g/mol. The molecule has 154 valence electrons. The van der Waals surface area contributed by atoms with Gasteiger partial charge in [0.2, 0.25) is 0 Å². The maximum absolute atomic E-state index is 9.98. The third kappa shape index (κ3) is 5.18. The number of aryl methyl sites for hydroxylation is 2. The van der Waals surface area contributed by atoms with Gasteiger partial charge in [0.05, 0.1) is 18.9 Å². The molecule has 6 nitrogen and oxygen atoms in total. The topological polar surface area (TPSA) is 65.7 Å². The first kappa shape index (κ1) is 22.5. The number of piperidine rings is 1. The SMILES string of the molecule is CCNC(=NCc1cc(C)c(O)c(C)c1)N1CCC(C)C(n2ccnc2)C1.I. The number of aromatic nitrogens is 2. The van der Waals surface area contributed by atoms with Crippen LogP contribution in [0.3, 0.4) is 0 Å². The van der Waals surface area contributed by atoms with Crippen molar-refractivity contribution in [3.63, 3.8) is 0 Å². The van der Waals surface area contributed by atoms with Crippen molar-refractivity contribution in [1.82, 2.24) is 19.8 Å². The number of hydrogen-bond donors (Lipinski definition) is 2. The maximum atomic E-state index is 9.98. The Morgan fingerprint density at radius 1 is 1.32 bits per heavy atom. The summed E-state index contributed by atoms with van der Waals surface area (Å²) in [6, 6.07) is 4.44. The molecule has 1 saturated heterocycles. The van der Waals surface area contributed by atoms with Crippen LogP contribution in [0, 0.1) is 19.8 Å². The van der Waals surface area contributed by atoms with E-state index in [1.807, 2.05) is 38.5 Å². The molecule has 2 aromatic rings. The number of halogens is 1. The van der Waals surface area contributed by atoms with Crippen LogP contribution in [0.4, 0.5) is 0 Å². The van der Waals surface area contributed by atoms with Crippen molar-refractivity contribution in [3.05, 3.63) is 47.5 Å². The standard InChI is InChI=1S/C21H31N5O.HI/c1-5-23-21(24-12-18-10-16(3)20(27)17(4)11-18)25-8-6-15(2)19(13-25)26-9-7-22-14-26;/h7,9-11,14-15,19,27H,5-6,8,12-13H2,1-4H3,(H,23,24);1H. The first-order valence-corrected chi connectivity index (χ1v) is 9.79. The summed E-state index contributed by atoms with van der Waals surface area (Å²) in [4.78, 5) is 11.5. The number of rotatable bonds is 4. The van der Waals surface area contributed by atoms with Crippen LogP contribution >= 0.6 is 24.0 Å². The molecule has 1 aromatic heterocycles. The van der Waals surface area contributed by atoms with Gasteiger partial charge >= 0.3 is 0 Å². The van der Waals surface area contributed by atoms with Crippen LogP contribution < -0.4 is 5.32 Å². The second-order valence-electron chi connectivity index (χ2n) is 7.54. The van der Waals surface area contributed by atoms with Crippen molar-refractivity contribution in [2.24, 2.45) is 10.9 Å². The summed E-state index contributed by atoms with van der Waals surface area (Å²) in [6.45, 7) is 11.7. The Morgan fingerprint density at radius 2 is 2.04 bits per heavy atom. The van der Waals surface area contributed by atoms with Crippen LogP contribution in [0.1, 0.15) is 43.0 Å². The molecule has 0 saturated carbocycles. The van der Waals surface area contributed by atoms with Crippen molar-refractivity contribution in [1.29, 1.82) is 0 Å². The molecular weight excluding hydrogens is 465 g/mol. The van der Waals surface area contributed by atoms with Gasteiger partial charge in [-0.1, -0.05) is 19.1 Å². The second-order valence-corrected chi connectivity index (χ2v) is 7.54. The number of phenolic OH excluding ortho intramolecular Hbond substituents is 1. The summed E-state index contributed by atoms with van der Waals surface area (Å²) >= 11 is 0. The van der Waals surface area contributed by atoms with E-state index < -0.39 is 0 Å². The quantitative estimate of drug-likeness (QED) is 0.383. The normalized spacial score (nSPS) is 20.0. The molecule has 0 amide bonds. The van der Waals surface area contributed by atoms with Gasteiger partial charge in [0.15, 0.2) is 5.96 Å². The van der Waals surface area contributed by atoms with E-state index in [0.29, 0.717) is 24.3 Å². The van der Waals surface area contributed by atoms with Gasteiger partial charge in [-0.15, -0.1) is 24.0 Å². The molecule has 1 fully saturated rings. The fourth-order valence-corrected chi connectivity index (χ4v) is 3.82. The van der Waals surface area contributed by atoms with E-state index in [9.17, 15) is 5.11 Å². The fraction of sp³-hybridized carbons (Fsp3) is 0.524. The van der Waals surface area contributed by atoms with E-state index in [1.165, 1.54) is 0 Å². The molecule has 2 N–H and O–H groups in total. The van der Waals surface area contributed by atoms with Gasteiger partial charge in [-0.3, -0.25) is 0 Å². The summed E-state index contributed by atoms with van der Waals surface area (Å²) < 4.78 is 2.22. The van der Waals surface area contributed by atoms with E-state index in [-0.39, 0.29) is 24.0 Å². The monoisotopic (exact) mass is 497 g/mol. The zero-order valence-corrected chi connectivity index (χ0v) is 19.6. The van der Waals surface area contributed by atoms with Gasteiger partial charge in [-0.25, -0.2) is 9.98 Å². The Morgan fingerprint density at radius 3 is 2.64 bits per heavy atom. The highest BCUT2D eigenvalue weighted by Crippen LogP contribution is 2.28. The number of phenols is 1. The molecular formula is C21H32IN5O. The molecule has 2 atom stereocenters. The number of imidazole rings is 1. The summed E-state index contributed by atoms with van der Waals surface area (Å²) in [5.41, 5.74) is 2.92. The Bertz CT molecular complexity index is 767. The van der Waals surface area contributed by atoms with Crippen molar-refractivity contribution in [2.75, 3.05) is 19.6 Å². The van der Waals surface area contributed by atoms with Gasteiger partial charge in [0.25, 0.3) is 0 Å². The minimum Gasteiger partial charge on any atom is -0.507 e. The third-order valence-corrected chi connectivity index (χ3v) is 5.42. The molecule has 1 aliphatic heterocycles. The number of likely N-dealkylation sites (tertiary alicyclic amines) is 1. The molecule has 0 aliphatic carbocycles. The second kappa shape index (κ2) is 10.1. The third-order valence-electron chi connectivity index (χ3n) is 5.42. The summed E-state index contributed by atoms with van der Waals surface area (Å²) in [7, 11) is 0. The lowest BCUT2D eigenvalue weighted by Crippen LogP contribution is -2.49.